The smallest absolute Gasteiger partial charge is 0.313 e. The fraction of sp³-hybridized carbons (Fsp3) is 0.588. The summed E-state index contributed by atoms with van der Waals surface area (Å²) in [5, 5.41) is 12.4. The van der Waals surface area contributed by atoms with Gasteiger partial charge in [-0.05, 0) is 31.2 Å². The number of amides is 3. The van der Waals surface area contributed by atoms with Crippen LogP contribution in [-0.4, -0.2) is 102 Å². The zero-order valence-corrected chi connectivity index (χ0v) is 26.1. The Kier molecular flexibility index (Phi) is 10.7. The number of aliphatic hydroxyl groups excluding tert-OH is 1. The molecule has 0 saturated carbocycles. The highest BCUT2D eigenvalue weighted by Gasteiger charge is 2.73. The van der Waals surface area contributed by atoms with Crippen LogP contribution in [0.25, 0.3) is 0 Å². The van der Waals surface area contributed by atoms with Crippen LogP contribution in [0.4, 0.5) is 0 Å². The monoisotopic (exact) mass is 623 g/mol. The van der Waals surface area contributed by atoms with E-state index >= 15 is 0 Å². The van der Waals surface area contributed by atoms with Gasteiger partial charge < -0.3 is 34.4 Å². The van der Waals surface area contributed by atoms with Crippen molar-refractivity contribution < 1.29 is 38.5 Å². The molecule has 11 nitrogen and oxygen atoms in total. The number of carbonyl (C=O) groups is 4. The summed E-state index contributed by atoms with van der Waals surface area (Å²) in [7, 11) is 1.52. The van der Waals surface area contributed by atoms with Gasteiger partial charge in [0.1, 0.15) is 23.7 Å². The summed E-state index contributed by atoms with van der Waals surface area (Å²) in [6.07, 6.45) is 8.99. The maximum Gasteiger partial charge on any atom is 0.313 e. The van der Waals surface area contributed by atoms with E-state index in [0.29, 0.717) is 37.9 Å². The topological polar surface area (TPSA) is 135 Å². The third-order valence-corrected chi connectivity index (χ3v) is 9.24. The third-order valence-electron chi connectivity index (χ3n) is 9.24. The lowest BCUT2D eigenvalue weighted by Crippen LogP contribution is -2.56. The zero-order chi connectivity index (χ0) is 32.0. The van der Waals surface area contributed by atoms with Gasteiger partial charge in [-0.3, -0.25) is 19.2 Å². The lowest BCUT2D eigenvalue weighted by atomic mass is 9.74. The van der Waals surface area contributed by atoms with Gasteiger partial charge in [0, 0.05) is 39.8 Å². The molecule has 11 heteroatoms. The highest BCUT2D eigenvalue weighted by molar-refractivity contribution is 5.99. The molecule has 1 aromatic carbocycles. The van der Waals surface area contributed by atoms with Gasteiger partial charge in [0.05, 0.1) is 24.7 Å². The van der Waals surface area contributed by atoms with E-state index in [4.69, 9.17) is 14.2 Å². The van der Waals surface area contributed by atoms with Crippen molar-refractivity contribution in [2.75, 3.05) is 40.0 Å². The van der Waals surface area contributed by atoms with Gasteiger partial charge in [-0.1, -0.05) is 68.0 Å². The Morgan fingerprint density at radius 2 is 1.84 bits per heavy atom. The van der Waals surface area contributed by atoms with E-state index in [1.165, 1.54) is 7.11 Å². The number of allylic oxidation sites excluding steroid dienone is 1. The van der Waals surface area contributed by atoms with Gasteiger partial charge in [-0.2, -0.15) is 0 Å². The molecular weight excluding hydrogens is 578 g/mol. The first-order valence-corrected chi connectivity index (χ1v) is 16.1. The molecule has 4 heterocycles. The first-order valence-electron chi connectivity index (χ1n) is 16.1. The summed E-state index contributed by atoms with van der Waals surface area (Å²) < 4.78 is 18.2. The van der Waals surface area contributed by atoms with E-state index in [1.54, 1.807) is 22.0 Å². The molecule has 5 bridgehead atoms. The largest absolute Gasteiger partial charge is 0.455 e. The second kappa shape index (κ2) is 14.7. The standard InChI is InChI=1S/C34H45N3O8/c1-3-4-18-36-19-10-6-9-15-26(39)35-24(22-43-2)29(23-13-7-5-8-14-23)44-33(42)27-25-16-17-34(45-25)28(27)31(40)37(20-11-12-21-38)30(34)32(36)41/h5-8,10,13-14,16-17,24-25,27-30,38H,3-4,9,11-12,15,18-22H2,1-2H3,(H,35,39)/b10-6-/t24-,25+,27-,28-,29-,30+,34-/m1/s1. The van der Waals surface area contributed by atoms with Gasteiger partial charge >= 0.3 is 5.97 Å². The second-order valence-corrected chi connectivity index (χ2v) is 12.2. The Morgan fingerprint density at radius 3 is 2.58 bits per heavy atom. The predicted octanol–water partition coefficient (Wildman–Crippen LogP) is 2.30. The van der Waals surface area contributed by atoms with Gasteiger partial charge in [-0.15, -0.1) is 0 Å². The molecule has 1 spiro atoms. The molecule has 2 saturated heterocycles. The highest BCUT2D eigenvalue weighted by Crippen LogP contribution is 2.56. The number of esters is 1. The Balaban J connectivity index is 1.57. The van der Waals surface area contributed by atoms with Crippen molar-refractivity contribution in [2.24, 2.45) is 11.8 Å². The quantitative estimate of drug-likeness (QED) is 0.230. The van der Waals surface area contributed by atoms with Gasteiger partial charge in [-0.25, -0.2) is 0 Å². The Hall–Kier alpha value is -3.54. The molecule has 45 heavy (non-hydrogen) atoms. The molecule has 0 aromatic heterocycles. The SMILES string of the molecule is CCCCN1C/C=C\CCC(=O)N[C@H](COC)[C@@H](c2ccccc2)OC(=O)[C@@H]2[C@@H]3C=C[C@]4(O3)[C@H](C1=O)N(CCCCO)C(=O)[C@@H]24. The predicted molar refractivity (Wildman–Crippen MR) is 164 cm³/mol. The number of aliphatic hydroxyl groups is 1. The Bertz CT molecular complexity index is 1290. The zero-order valence-electron chi connectivity index (χ0n) is 26.1. The molecule has 0 unspecified atom stereocenters. The van der Waals surface area contributed by atoms with E-state index in [-0.39, 0.29) is 43.9 Å². The maximum absolute atomic E-state index is 14.4. The molecule has 0 radical (unpaired) electrons. The Morgan fingerprint density at radius 1 is 1.04 bits per heavy atom. The molecule has 2 N–H and O–H groups in total. The van der Waals surface area contributed by atoms with E-state index in [9.17, 15) is 24.3 Å². The van der Waals surface area contributed by atoms with Gasteiger partial charge in [0.25, 0.3) is 0 Å². The van der Waals surface area contributed by atoms with E-state index in [1.807, 2.05) is 49.4 Å². The lowest BCUT2D eigenvalue weighted by Gasteiger charge is -2.36. The van der Waals surface area contributed by atoms with Crippen LogP contribution < -0.4 is 5.32 Å². The number of benzene rings is 1. The molecule has 3 amide bonds. The van der Waals surface area contributed by atoms with Crippen LogP contribution in [-0.2, 0) is 33.4 Å². The van der Waals surface area contributed by atoms with Crippen molar-refractivity contribution in [3.8, 4) is 0 Å². The first-order chi connectivity index (χ1) is 21.9. The van der Waals surface area contributed by atoms with Crippen molar-refractivity contribution in [2.45, 2.75) is 75.3 Å². The minimum absolute atomic E-state index is 0.0316. The van der Waals surface area contributed by atoms with Crippen molar-refractivity contribution in [1.29, 1.82) is 0 Å². The molecule has 2 fully saturated rings. The van der Waals surface area contributed by atoms with Crippen molar-refractivity contribution in [3.63, 3.8) is 0 Å². The number of unbranched alkanes of at least 4 members (excludes halogenated alkanes) is 2. The minimum Gasteiger partial charge on any atom is -0.455 e. The van der Waals surface area contributed by atoms with Crippen LogP contribution in [0.5, 0.6) is 0 Å². The van der Waals surface area contributed by atoms with E-state index < -0.39 is 47.7 Å². The van der Waals surface area contributed by atoms with Gasteiger partial charge in [0.2, 0.25) is 17.7 Å². The van der Waals surface area contributed by atoms with Crippen LogP contribution in [0, 0.1) is 11.8 Å². The lowest BCUT2D eigenvalue weighted by molar-refractivity contribution is -0.162. The number of hydrogen-bond acceptors (Lipinski definition) is 8. The first kappa shape index (κ1) is 32.8. The van der Waals surface area contributed by atoms with Crippen molar-refractivity contribution >= 4 is 23.7 Å². The number of fused-ring (bicyclic) bond motifs is 2. The maximum atomic E-state index is 14.4. The van der Waals surface area contributed by atoms with Crippen molar-refractivity contribution in [1.82, 2.24) is 15.1 Å². The number of methoxy groups -OCH3 is 1. The third kappa shape index (κ3) is 6.57. The average molecular weight is 624 g/mol. The molecule has 0 aliphatic carbocycles. The summed E-state index contributed by atoms with van der Waals surface area (Å²) in [5.41, 5.74) is -0.643. The van der Waals surface area contributed by atoms with E-state index in [2.05, 4.69) is 5.32 Å². The molecule has 4 aliphatic rings. The van der Waals surface area contributed by atoms with Gasteiger partial charge in [0.15, 0.2) is 0 Å². The number of rotatable bonds is 10. The number of ether oxygens (including phenoxy) is 3. The summed E-state index contributed by atoms with van der Waals surface area (Å²) in [5.74, 6) is -3.35. The summed E-state index contributed by atoms with van der Waals surface area (Å²) in [6, 6.07) is 7.49. The number of hydrogen-bond donors (Lipinski definition) is 2. The molecule has 5 rings (SSSR count). The molecule has 4 aliphatic heterocycles. The average Bonchev–Trinajstić information content (AvgIpc) is 3.68. The number of nitrogens with one attached hydrogen (secondary N) is 1. The fourth-order valence-corrected chi connectivity index (χ4v) is 7.09. The summed E-state index contributed by atoms with van der Waals surface area (Å²) in [6.45, 7) is 3.17. The number of likely N-dealkylation sites (tertiary alicyclic amines) is 1. The number of nitrogens with zero attached hydrogens (tertiary/aromatic N) is 2. The van der Waals surface area contributed by atoms with E-state index in [0.717, 1.165) is 12.8 Å². The summed E-state index contributed by atoms with van der Waals surface area (Å²) in [4.78, 5) is 59.3. The minimum atomic E-state index is -1.31. The van der Waals surface area contributed by atoms with Crippen LogP contribution in [0.1, 0.15) is 57.1 Å². The molecular formula is C34H45N3O8. The number of carbonyl (C=O) groups excluding carboxylic acids is 4. The van der Waals surface area contributed by atoms with Crippen molar-refractivity contribution in [3.05, 3.63) is 60.2 Å². The van der Waals surface area contributed by atoms with Crippen LogP contribution in [0.2, 0.25) is 0 Å². The second-order valence-electron chi connectivity index (χ2n) is 12.2. The normalized spacial score (nSPS) is 32.5. The Labute approximate surface area is 264 Å². The molecule has 244 valence electrons. The fourth-order valence-electron chi connectivity index (χ4n) is 7.09. The van der Waals surface area contributed by atoms with Crippen LogP contribution in [0.15, 0.2) is 54.6 Å². The highest BCUT2D eigenvalue weighted by atomic mass is 16.6. The van der Waals surface area contributed by atoms with Crippen LogP contribution in [0.3, 0.4) is 0 Å². The van der Waals surface area contributed by atoms with Crippen LogP contribution >= 0.6 is 0 Å². The molecule has 7 atom stereocenters. The number of cyclic esters (lactones) is 1. The summed E-state index contributed by atoms with van der Waals surface area (Å²) >= 11 is 0. The molecule has 1 aromatic rings.